The lowest BCUT2D eigenvalue weighted by Crippen LogP contribution is -2.41. The fourth-order valence-electron chi connectivity index (χ4n) is 6.15. The van der Waals surface area contributed by atoms with Crippen molar-refractivity contribution in [2.75, 3.05) is 65.9 Å². The van der Waals surface area contributed by atoms with E-state index < -0.39 is 18.0 Å². The van der Waals surface area contributed by atoms with Gasteiger partial charge in [0.1, 0.15) is 30.8 Å². The molecule has 16 heteroatoms. The van der Waals surface area contributed by atoms with Crippen LogP contribution < -0.4 is 16.0 Å². The third-order valence-corrected chi connectivity index (χ3v) is 9.99. The number of hydrogen-bond donors (Lipinski definition) is 5. The first kappa shape index (κ1) is 56.5. The highest BCUT2D eigenvalue weighted by Crippen LogP contribution is 2.14. The number of ketones is 2. The van der Waals surface area contributed by atoms with E-state index in [1.54, 1.807) is 6.92 Å². The van der Waals surface area contributed by atoms with Crippen LogP contribution in [0.5, 0.6) is 0 Å². The molecule has 348 valence electrons. The van der Waals surface area contributed by atoms with Gasteiger partial charge in [-0.05, 0) is 45.4 Å². The van der Waals surface area contributed by atoms with Crippen LogP contribution in [0, 0.1) is 5.92 Å². The zero-order valence-electron chi connectivity index (χ0n) is 36.9. The molecule has 0 rings (SSSR count). The number of unbranched alkanes of at least 4 members (excludes halogenated alkanes) is 14. The number of carbonyl (C=O) groups is 7. The maximum absolute atomic E-state index is 12.3. The van der Waals surface area contributed by atoms with Gasteiger partial charge in [-0.1, -0.05) is 90.4 Å². The minimum Gasteiger partial charge on any atom is -0.481 e. The zero-order chi connectivity index (χ0) is 44.5. The van der Waals surface area contributed by atoms with E-state index in [1.807, 2.05) is 6.92 Å². The minimum atomic E-state index is -1.15. The lowest BCUT2D eigenvalue weighted by Gasteiger charge is -2.14. The molecule has 0 aromatic heterocycles. The van der Waals surface area contributed by atoms with Crippen LogP contribution in [0.25, 0.3) is 0 Å². The number of aliphatic carboxylic acids is 2. The van der Waals surface area contributed by atoms with Crippen LogP contribution in [-0.4, -0.2) is 123 Å². The number of hydrogen-bond acceptors (Lipinski definition) is 11. The van der Waals surface area contributed by atoms with E-state index >= 15 is 0 Å². The first-order chi connectivity index (χ1) is 28.9. The Hall–Kier alpha value is -3.47. The number of carboxylic acids is 2. The summed E-state index contributed by atoms with van der Waals surface area (Å²) in [6.45, 7) is 5.69. The number of nitrogens with one attached hydrogen (secondary N) is 3. The van der Waals surface area contributed by atoms with Crippen LogP contribution in [0.4, 0.5) is 0 Å². The third kappa shape index (κ3) is 40.0. The van der Waals surface area contributed by atoms with Crippen molar-refractivity contribution in [1.29, 1.82) is 0 Å². The summed E-state index contributed by atoms with van der Waals surface area (Å²) in [4.78, 5) is 81.7. The lowest BCUT2D eigenvalue weighted by molar-refractivity contribution is -0.142. The average Bonchev–Trinajstić information content (AvgIpc) is 3.20. The molecule has 5 N–H and O–H groups in total. The van der Waals surface area contributed by atoms with Gasteiger partial charge in [0.05, 0.1) is 33.0 Å². The number of amides is 3. The van der Waals surface area contributed by atoms with Crippen molar-refractivity contribution in [3.63, 3.8) is 0 Å². The van der Waals surface area contributed by atoms with Crippen LogP contribution >= 0.6 is 0 Å². The number of rotatable bonds is 45. The molecule has 60 heavy (non-hydrogen) atoms. The maximum Gasteiger partial charge on any atom is 0.326 e. The van der Waals surface area contributed by atoms with E-state index in [-0.39, 0.29) is 114 Å². The Balaban J connectivity index is 3.65. The summed E-state index contributed by atoms with van der Waals surface area (Å²) in [5.41, 5.74) is 0. The highest BCUT2D eigenvalue weighted by atomic mass is 16.5. The van der Waals surface area contributed by atoms with E-state index in [0.717, 1.165) is 57.8 Å². The summed E-state index contributed by atoms with van der Waals surface area (Å²) in [7, 11) is 0. The van der Waals surface area contributed by atoms with Crippen molar-refractivity contribution < 1.29 is 62.7 Å². The molecule has 0 spiro atoms. The van der Waals surface area contributed by atoms with Crippen molar-refractivity contribution in [1.82, 2.24) is 16.0 Å². The fraction of sp³-hybridized carbons (Fsp3) is 0.841. The van der Waals surface area contributed by atoms with E-state index in [0.29, 0.717) is 32.5 Å². The van der Waals surface area contributed by atoms with Gasteiger partial charge in [-0.3, -0.25) is 28.8 Å². The predicted molar refractivity (Wildman–Crippen MR) is 228 cm³/mol. The maximum atomic E-state index is 12.3. The molecule has 0 aliphatic rings. The Morgan fingerprint density at radius 2 is 0.950 bits per heavy atom. The molecular weight excluding hydrogens is 778 g/mol. The third-order valence-electron chi connectivity index (χ3n) is 9.99. The van der Waals surface area contributed by atoms with Crippen molar-refractivity contribution in [3.8, 4) is 0 Å². The Bertz CT molecular complexity index is 1170. The smallest absolute Gasteiger partial charge is 0.326 e. The van der Waals surface area contributed by atoms with Crippen molar-refractivity contribution in [3.05, 3.63) is 0 Å². The van der Waals surface area contributed by atoms with Gasteiger partial charge in [-0.2, -0.15) is 0 Å². The van der Waals surface area contributed by atoms with Gasteiger partial charge in [0.25, 0.3) is 0 Å². The van der Waals surface area contributed by atoms with Gasteiger partial charge >= 0.3 is 11.9 Å². The summed E-state index contributed by atoms with van der Waals surface area (Å²) < 4.78 is 21.4. The molecule has 0 radical (unpaired) electrons. The van der Waals surface area contributed by atoms with Crippen LogP contribution in [0.3, 0.4) is 0 Å². The van der Waals surface area contributed by atoms with E-state index in [9.17, 15) is 38.7 Å². The molecule has 16 nitrogen and oxygen atoms in total. The van der Waals surface area contributed by atoms with E-state index in [2.05, 4.69) is 16.0 Å². The second-order valence-corrected chi connectivity index (χ2v) is 15.5. The fourth-order valence-corrected chi connectivity index (χ4v) is 6.15. The SMILES string of the molecule is CC(=O)[C@@H](C)CCCCNC(=O)COCCOCCNC(=O)COCCOCCCC(=O)CC[C@H](NC(=O)CCCCCCCCCCCCCCCCC(=O)O)C(=O)O. The minimum absolute atomic E-state index is 0.0380. The summed E-state index contributed by atoms with van der Waals surface area (Å²) in [6.07, 6.45) is 19.0. The molecule has 0 unspecified atom stereocenters. The summed E-state index contributed by atoms with van der Waals surface area (Å²) in [5.74, 6) is -2.55. The molecule has 0 heterocycles. The molecule has 3 amide bonds. The Morgan fingerprint density at radius 3 is 1.47 bits per heavy atom. The van der Waals surface area contributed by atoms with Gasteiger partial charge in [-0.25, -0.2) is 4.79 Å². The van der Waals surface area contributed by atoms with Gasteiger partial charge in [0.15, 0.2) is 0 Å². The quantitative estimate of drug-likeness (QED) is 0.0463. The number of ether oxygens (including phenoxy) is 4. The number of Topliss-reactive ketones (excluding diaryl/α,β-unsaturated/α-hetero) is 2. The highest BCUT2D eigenvalue weighted by molar-refractivity contribution is 5.84. The molecule has 0 saturated heterocycles. The highest BCUT2D eigenvalue weighted by Gasteiger charge is 2.21. The summed E-state index contributed by atoms with van der Waals surface area (Å²) >= 11 is 0. The summed E-state index contributed by atoms with van der Waals surface area (Å²) in [5, 5.41) is 26.2. The molecule has 0 aliphatic carbocycles. The first-order valence-electron chi connectivity index (χ1n) is 22.5. The molecule has 0 bridgehead atoms. The number of carboxylic acid groups (broad SMARTS) is 2. The van der Waals surface area contributed by atoms with Gasteiger partial charge in [0, 0.05) is 51.3 Å². The molecule has 2 atom stereocenters. The Labute approximate surface area is 358 Å². The molecule has 0 aliphatic heterocycles. The van der Waals surface area contributed by atoms with Crippen LogP contribution in [0.15, 0.2) is 0 Å². The zero-order valence-corrected chi connectivity index (χ0v) is 36.9. The van der Waals surface area contributed by atoms with Crippen LogP contribution in [0.2, 0.25) is 0 Å². The topological polar surface area (TPSA) is 233 Å². The molecular formula is C44H79N3O13. The largest absolute Gasteiger partial charge is 0.481 e. The Kier molecular flexibility index (Phi) is 38.5. The van der Waals surface area contributed by atoms with E-state index in [4.69, 9.17) is 24.1 Å². The Morgan fingerprint density at radius 1 is 0.467 bits per heavy atom. The predicted octanol–water partition coefficient (Wildman–Crippen LogP) is 5.71. The average molecular weight is 858 g/mol. The van der Waals surface area contributed by atoms with Crippen molar-refractivity contribution in [2.45, 2.75) is 168 Å². The second kappa shape index (κ2) is 40.9. The summed E-state index contributed by atoms with van der Waals surface area (Å²) in [6, 6.07) is -1.10. The molecule has 0 aromatic rings. The first-order valence-corrected chi connectivity index (χ1v) is 22.5. The number of carbonyl (C=O) groups excluding carboxylic acids is 5. The lowest BCUT2D eigenvalue weighted by atomic mass is 10.0. The monoisotopic (exact) mass is 858 g/mol. The molecule has 0 fully saturated rings. The van der Waals surface area contributed by atoms with Crippen molar-refractivity contribution in [2.24, 2.45) is 5.92 Å². The van der Waals surface area contributed by atoms with Gasteiger partial charge < -0.3 is 45.1 Å². The van der Waals surface area contributed by atoms with Crippen LogP contribution in [0.1, 0.15) is 162 Å². The molecule has 0 aromatic carbocycles. The molecule has 0 saturated carbocycles. The van der Waals surface area contributed by atoms with Crippen LogP contribution in [-0.2, 0) is 52.5 Å². The van der Waals surface area contributed by atoms with Gasteiger partial charge in [-0.15, -0.1) is 0 Å². The van der Waals surface area contributed by atoms with Gasteiger partial charge in [0.2, 0.25) is 17.7 Å². The standard InChI is InChI=1S/C44H79N3O13/c1-36(37(2)48)20-17-18-26-45-41(51)34-60-33-31-58-29-27-46-42(52)35-59-32-30-57-28-19-21-38(49)24-25-39(44(55)56)47-40(50)22-15-13-11-9-7-5-3-4-6-8-10-12-14-16-23-43(53)54/h36,39H,3-35H2,1-2H3,(H,45,51)(H,46,52)(H,47,50)(H,53,54)(H,55,56)/t36-,39-/m0/s1. The second-order valence-electron chi connectivity index (χ2n) is 15.5. The van der Waals surface area contributed by atoms with Crippen molar-refractivity contribution >= 4 is 41.2 Å². The van der Waals surface area contributed by atoms with E-state index in [1.165, 1.54) is 44.9 Å². The normalized spacial score (nSPS) is 12.1.